The molecule has 0 rings (SSSR count). The van der Waals surface area contributed by atoms with Gasteiger partial charge in [-0.05, 0) is 20.9 Å². The minimum atomic E-state index is 0.490. The fourth-order valence-electron chi connectivity index (χ4n) is 0.923. The number of guanidine groups is 1. The second-order valence-electron chi connectivity index (χ2n) is 3.76. The number of hydrogen-bond donors (Lipinski definition) is 2. The molecule has 0 amide bonds. The topological polar surface area (TPSA) is 62.9 Å². The second-order valence-corrected chi connectivity index (χ2v) is 3.76. The number of ether oxygens (including phenoxy) is 1. The van der Waals surface area contributed by atoms with Crippen LogP contribution in [-0.2, 0) is 4.74 Å². The second kappa shape index (κ2) is 8.49. The van der Waals surface area contributed by atoms with Crippen molar-refractivity contribution in [1.82, 2.24) is 10.2 Å². The number of aliphatic imine (C=N–C) groups is 1. The zero-order valence-electron chi connectivity index (χ0n) is 10.3. The fraction of sp³-hybridized carbons (Fsp3) is 0.900. The molecular formula is C10H24N4O. The molecule has 0 fully saturated rings. The van der Waals surface area contributed by atoms with Crippen molar-refractivity contribution in [2.24, 2.45) is 10.7 Å². The molecule has 0 heterocycles. The van der Waals surface area contributed by atoms with Crippen molar-refractivity contribution >= 4 is 5.96 Å². The van der Waals surface area contributed by atoms with Crippen molar-refractivity contribution in [2.75, 3.05) is 40.4 Å². The minimum absolute atomic E-state index is 0.490. The van der Waals surface area contributed by atoms with Crippen LogP contribution in [0.15, 0.2) is 4.99 Å². The van der Waals surface area contributed by atoms with Crippen LogP contribution in [0.5, 0.6) is 0 Å². The van der Waals surface area contributed by atoms with Crippen molar-refractivity contribution in [1.29, 1.82) is 0 Å². The van der Waals surface area contributed by atoms with Crippen LogP contribution in [0.4, 0.5) is 0 Å². The lowest BCUT2D eigenvalue weighted by Gasteiger charge is -2.19. The van der Waals surface area contributed by atoms with Crippen LogP contribution in [0, 0.1) is 0 Å². The summed E-state index contributed by atoms with van der Waals surface area (Å²) in [6.45, 7) is 7.30. The Morgan fingerprint density at radius 2 is 2.20 bits per heavy atom. The van der Waals surface area contributed by atoms with Crippen molar-refractivity contribution in [3.8, 4) is 0 Å². The molecule has 0 saturated heterocycles. The van der Waals surface area contributed by atoms with Crippen molar-refractivity contribution in [3.05, 3.63) is 0 Å². The third-order valence-electron chi connectivity index (χ3n) is 2.23. The predicted molar refractivity (Wildman–Crippen MR) is 64.1 cm³/mol. The Morgan fingerprint density at radius 3 is 2.73 bits per heavy atom. The summed E-state index contributed by atoms with van der Waals surface area (Å²) in [4.78, 5) is 6.43. The number of methoxy groups -OCH3 is 1. The van der Waals surface area contributed by atoms with Crippen LogP contribution in [0.3, 0.4) is 0 Å². The number of nitrogens with zero attached hydrogens (tertiary/aromatic N) is 2. The van der Waals surface area contributed by atoms with Gasteiger partial charge in [-0.25, -0.2) is 0 Å². The SMILES string of the molecule is COCCNC(N)=NCCN(C)C(C)C. The number of nitrogens with one attached hydrogen (secondary N) is 1. The summed E-state index contributed by atoms with van der Waals surface area (Å²) in [7, 11) is 3.74. The highest BCUT2D eigenvalue weighted by molar-refractivity contribution is 5.77. The molecule has 0 aliphatic rings. The van der Waals surface area contributed by atoms with E-state index in [2.05, 4.69) is 36.1 Å². The third-order valence-corrected chi connectivity index (χ3v) is 2.23. The molecular weight excluding hydrogens is 192 g/mol. The predicted octanol–water partition coefficient (Wildman–Crippen LogP) is -0.123. The maximum Gasteiger partial charge on any atom is 0.188 e. The average Bonchev–Trinajstić information content (AvgIpc) is 2.18. The average molecular weight is 216 g/mol. The lowest BCUT2D eigenvalue weighted by atomic mass is 10.3. The number of likely N-dealkylation sites (N-methyl/N-ethyl adjacent to an activating group) is 1. The molecule has 0 aliphatic carbocycles. The van der Waals surface area contributed by atoms with E-state index >= 15 is 0 Å². The molecule has 3 N–H and O–H groups in total. The zero-order chi connectivity index (χ0) is 11.7. The van der Waals surface area contributed by atoms with E-state index in [1.165, 1.54) is 0 Å². The molecule has 0 unspecified atom stereocenters. The molecule has 0 aromatic heterocycles. The Morgan fingerprint density at radius 1 is 1.53 bits per heavy atom. The molecule has 0 aromatic rings. The van der Waals surface area contributed by atoms with Crippen LogP contribution in [0.2, 0.25) is 0 Å². The molecule has 0 spiro atoms. The standard InChI is InChI=1S/C10H24N4O/c1-9(2)14(3)7-5-12-10(11)13-6-8-15-4/h9H,5-8H2,1-4H3,(H3,11,12,13). The molecule has 15 heavy (non-hydrogen) atoms. The summed E-state index contributed by atoms with van der Waals surface area (Å²) in [6, 6.07) is 0.544. The number of nitrogens with two attached hydrogens (primary N) is 1. The minimum Gasteiger partial charge on any atom is -0.383 e. The maximum absolute atomic E-state index is 5.64. The smallest absolute Gasteiger partial charge is 0.188 e. The van der Waals surface area contributed by atoms with Gasteiger partial charge in [0, 0.05) is 26.2 Å². The van der Waals surface area contributed by atoms with Gasteiger partial charge in [0.2, 0.25) is 0 Å². The van der Waals surface area contributed by atoms with E-state index in [0.717, 1.165) is 13.1 Å². The lowest BCUT2D eigenvalue weighted by Crippen LogP contribution is -2.35. The molecule has 0 bridgehead atoms. The van der Waals surface area contributed by atoms with Crippen LogP contribution in [0.25, 0.3) is 0 Å². The highest BCUT2D eigenvalue weighted by Crippen LogP contribution is 1.91. The first-order valence-corrected chi connectivity index (χ1v) is 5.31. The van der Waals surface area contributed by atoms with Gasteiger partial charge in [-0.15, -0.1) is 0 Å². The molecule has 5 heteroatoms. The summed E-state index contributed by atoms with van der Waals surface area (Å²) in [5, 5.41) is 2.97. The molecule has 0 radical (unpaired) electrons. The third kappa shape index (κ3) is 8.20. The quantitative estimate of drug-likeness (QED) is 0.354. The highest BCUT2D eigenvalue weighted by Gasteiger charge is 2.01. The van der Waals surface area contributed by atoms with Crippen LogP contribution < -0.4 is 11.1 Å². The molecule has 0 atom stereocenters. The Labute approximate surface area is 92.7 Å². The van der Waals surface area contributed by atoms with Gasteiger partial charge in [-0.2, -0.15) is 0 Å². The van der Waals surface area contributed by atoms with E-state index in [4.69, 9.17) is 10.5 Å². The Kier molecular flexibility index (Phi) is 8.04. The van der Waals surface area contributed by atoms with Crippen molar-refractivity contribution < 1.29 is 4.74 Å². The highest BCUT2D eigenvalue weighted by atomic mass is 16.5. The van der Waals surface area contributed by atoms with E-state index in [0.29, 0.717) is 25.2 Å². The number of rotatable bonds is 7. The molecule has 0 aromatic carbocycles. The van der Waals surface area contributed by atoms with Gasteiger partial charge in [-0.1, -0.05) is 0 Å². The Balaban J connectivity index is 3.57. The van der Waals surface area contributed by atoms with E-state index in [-0.39, 0.29) is 0 Å². The summed E-state index contributed by atoms with van der Waals surface area (Å²) in [5.74, 6) is 0.490. The number of hydrogen-bond acceptors (Lipinski definition) is 3. The summed E-state index contributed by atoms with van der Waals surface area (Å²) >= 11 is 0. The Hall–Kier alpha value is -0.810. The van der Waals surface area contributed by atoms with Gasteiger partial charge < -0.3 is 20.7 Å². The molecule has 0 saturated carbocycles. The first kappa shape index (κ1) is 14.2. The first-order chi connectivity index (χ1) is 7.07. The van der Waals surface area contributed by atoms with Gasteiger partial charge in [-0.3, -0.25) is 4.99 Å². The van der Waals surface area contributed by atoms with E-state index in [9.17, 15) is 0 Å². The van der Waals surface area contributed by atoms with Crippen LogP contribution >= 0.6 is 0 Å². The van der Waals surface area contributed by atoms with Crippen LogP contribution in [-0.4, -0.2) is 57.3 Å². The Bertz CT molecular complexity index is 182. The van der Waals surface area contributed by atoms with E-state index in [1.807, 2.05) is 0 Å². The molecule has 5 nitrogen and oxygen atoms in total. The first-order valence-electron chi connectivity index (χ1n) is 5.31. The largest absolute Gasteiger partial charge is 0.383 e. The van der Waals surface area contributed by atoms with Gasteiger partial charge in [0.25, 0.3) is 0 Å². The van der Waals surface area contributed by atoms with Gasteiger partial charge >= 0.3 is 0 Å². The fourth-order valence-corrected chi connectivity index (χ4v) is 0.923. The normalized spacial score (nSPS) is 12.5. The summed E-state index contributed by atoms with van der Waals surface area (Å²) < 4.78 is 4.89. The molecule has 90 valence electrons. The zero-order valence-corrected chi connectivity index (χ0v) is 10.3. The van der Waals surface area contributed by atoms with E-state index in [1.54, 1.807) is 7.11 Å². The summed E-state index contributed by atoms with van der Waals surface area (Å²) in [5.41, 5.74) is 5.64. The molecule has 0 aliphatic heterocycles. The maximum atomic E-state index is 5.64. The van der Waals surface area contributed by atoms with Crippen LogP contribution in [0.1, 0.15) is 13.8 Å². The van der Waals surface area contributed by atoms with Gasteiger partial charge in [0.15, 0.2) is 5.96 Å². The summed E-state index contributed by atoms with van der Waals surface area (Å²) in [6.07, 6.45) is 0. The monoisotopic (exact) mass is 216 g/mol. The van der Waals surface area contributed by atoms with Gasteiger partial charge in [0.05, 0.1) is 13.2 Å². The van der Waals surface area contributed by atoms with Crippen molar-refractivity contribution in [2.45, 2.75) is 19.9 Å². The van der Waals surface area contributed by atoms with E-state index < -0.39 is 0 Å². The lowest BCUT2D eigenvalue weighted by molar-refractivity contribution is 0.204. The van der Waals surface area contributed by atoms with Crippen molar-refractivity contribution in [3.63, 3.8) is 0 Å². The van der Waals surface area contributed by atoms with Gasteiger partial charge in [0.1, 0.15) is 0 Å².